The lowest BCUT2D eigenvalue weighted by molar-refractivity contribution is 0.0598. The summed E-state index contributed by atoms with van der Waals surface area (Å²) >= 11 is 0. The lowest BCUT2D eigenvalue weighted by atomic mass is 9.95. The molecule has 3 rings (SSSR count). The van der Waals surface area contributed by atoms with E-state index < -0.39 is 0 Å². The molecular weight excluding hydrogens is 294 g/mol. The van der Waals surface area contributed by atoms with Gasteiger partial charge in [0.1, 0.15) is 0 Å². The smallest absolute Gasteiger partial charge is 0.320 e. The number of hydrogen-bond acceptors (Lipinski definition) is 3. The van der Waals surface area contributed by atoms with Gasteiger partial charge in [0, 0.05) is 39.3 Å². The molecule has 1 aromatic rings. The molecular formula is C17H25N3O3. The first-order valence-electron chi connectivity index (χ1n) is 8.51. The Morgan fingerprint density at radius 2 is 1.74 bits per heavy atom. The Kier molecular flexibility index (Phi) is 4.88. The van der Waals surface area contributed by atoms with Crippen molar-refractivity contribution in [1.29, 1.82) is 0 Å². The van der Waals surface area contributed by atoms with Crippen molar-refractivity contribution in [2.45, 2.75) is 38.1 Å². The lowest BCUT2D eigenvalue weighted by Crippen LogP contribution is -2.55. The van der Waals surface area contributed by atoms with Gasteiger partial charge in [-0.05, 0) is 25.0 Å². The fourth-order valence-corrected chi connectivity index (χ4v) is 3.50. The number of rotatable bonds is 2. The number of piperazine rings is 1. The van der Waals surface area contributed by atoms with Gasteiger partial charge in [-0.15, -0.1) is 0 Å². The normalized spacial score (nSPS) is 19.7. The molecule has 2 fully saturated rings. The Hall–Kier alpha value is -1.98. The average Bonchev–Trinajstić information content (AvgIpc) is 3.15. The van der Waals surface area contributed by atoms with E-state index >= 15 is 0 Å². The van der Waals surface area contributed by atoms with Crippen LogP contribution in [0.1, 0.15) is 42.7 Å². The second-order valence-corrected chi connectivity index (χ2v) is 6.44. The van der Waals surface area contributed by atoms with Crippen LogP contribution in [0.2, 0.25) is 0 Å². The number of nitrogens with zero attached hydrogens (tertiary/aromatic N) is 3. The summed E-state index contributed by atoms with van der Waals surface area (Å²) in [6.07, 6.45) is 7.44. The van der Waals surface area contributed by atoms with Gasteiger partial charge in [-0.1, -0.05) is 19.3 Å². The Morgan fingerprint density at radius 1 is 1.09 bits per heavy atom. The molecule has 126 valence electrons. The highest BCUT2D eigenvalue weighted by atomic mass is 16.3. The van der Waals surface area contributed by atoms with Gasteiger partial charge >= 0.3 is 6.03 Å². The third kappa shape index (κ3) is 3.51. The van der Waals surface area contributed by atoms with Crippen LogP contribution < -0.4 is 0 Å². The van der Waals surface area contributed by atoms with Crippen molar-refractivity contribution in [3.63, 3.8) is 0 Å². The summed E-state index contributed by atoms with van der Waals surface area (Å²) in [4.78, 5) is 30.4. The molecule has 6 heteroatoms. The first-order valence-corrected chi connectivity index (χ1v) is 8.51. The minimum Gasteiger partial charge on any atom is -0.459 e. The van der Waals surface area contributed by atoms with Crippen LogP contribution in [0, 0.1) is 0 Å². The largest absolute Gasteiger partial charge is 0.459 e. The molecule has 0 spiro atoms. The Labute approximate surface area is 137 Å². The third-order valence-electron chi connectivity index (χ3n) is 4.99. The van der Waals surface area contributed by atoms with E-state index in [-0.39, 0.29) is 11.9 Å². The van der Waals surface area contributed by atoms with Gasteiger partial charge in [0.2, 0.25) is 0 Å². The highest BCUT2D eigenvalue weighted by Gasteiger charge is 2.30. The Bertz CT molecular complexity index is 529. The van der Waals surface area contributed by atoms with Crippen molar-refractivity contribution in [2.24, 2.45) is 0 Å². The minimum atomic E-state index is -0.0947. The van der Waals surface area contributed by atoms with Crippen LogP contribution in [-0.4, -0.2) is 65.9 Å². The molecule has 0 aromatic carbocycles. The van der Waals surface area contributed by atoms with Crippen molar-refractivity contribution >= 4 is 11.9 Å². The third-order valence-corrected chi connectivity index (χ3v) is 4.99. The maximum Gasteiger partial charge on any atom is 0.320 e. The first kappa shape index (κ1) is 15.9. The van der Waals surface area contributed by atoms with E-state index in [2.05, 4.69) is 0 Å². The summed E-state index contributed by atoms with van der Waals surface area (Å²) in [7, 11) is 1.92. The molecule has 0 atom stereocenters. The molecule has 1 saturated heterocycles. The van der Waals surface area contributed by atoms with Crippen molar-refractivity contribution in [3.8, 4) is 0 Å². The quantitative estimate of drug-likeness (QED) is 0.841. The molecule has 0 N–H and O–H groups in total. The van der Waals surface area contributed by atoms with Gasteiger partial charge in [-0.25, -0.2) is 4.79 Å². The zero-order chi connectivity index (χ0) is 16.2. The minimum absolute atomic E-state index is 0.0947. The zero-order valence-electron chi connectivity index (χ0n) is 13.7. The molecule has 1 aromatic heterocycles. The highest BCUT2D eigenvalue weighted by Crippen LogP contribution is 2.22. The summed E-state index contributed by atoms with van der Waals surface area (Å²) < 4.78 is 5.16. The number of urea groups is 1. The van der Waals surface area contributed by atoms with E-state index in [9.17, 15) is 9.59 Å². The zero-order valence-corrected chi connectivity index (χ0v) is 13.7. The average molecular weight is 319 g/mol. The molecule has 0 bridgehead atoms. The summed E-state index contributed by atoms with van der Waals surface area (Å²) in [6, 6.07) is 3.86. The van der Waals surface area contributed by atoms with Crippen LogP contribution >= 0.6 is 0 Å². The molecule has 2 heterocycles. The lowest BCUT2D eigenvalue weighted by Gasteiger charge is -2.39. The number of furan rings is 1. The van der Waals surface area contributed by atoms with Gasteiger partial charge in [0.25, 0.3) is 5.91 Å². The summed E-state index contributed by atoms with van der Waals surface area (Å²) in [5, 5.41) is 0. The second-order valence-electron chi connectivity index (χ2n) is 6.44. The number of carbonyl (C=O) groups excluding carboxylic acids is 2. The molecule has 3 amide bonds. The maximum absolute atomic E-state index is 12.6. The molecule has 1 saturated carbocycles. The molecule has 1 aliphatic heterocycles. The Balaban J connectivity index is 1.52. The topological polar surface area (TPSA) is 57.0 Å². The van der Waals surface area contributed by atoms with Gasteiger partial charge in [-0.2, -0.15) is 0 Å². The first-order chi connectivity index (χ1) is 11.2. The maximum atomic E-state index is 12.6. The fraction of sp³-hybridized carbons (Fsp3) is 0.647. The molecule has 23 heavy (non-hydrogen) atoms. The predicted molar refractivity (Wildman–Crippen MR) is 86.2 cm³/mol. The summed E-state index contributed by atoms with van der Waals surface area (Å²) in [5.41, 5.74) is 0. The van der Waals surface area contributed by atoms with Crippen LogP contribution in [0.5, 0.6) is 0 Å². The standard InChI is InChI=1S/C17H25N3O3/c1-18(14-6-3-2-4-7-14)17(22)20-11-9-19(10-12-20)16(21)15-8-5-13-23-15/h5,8,13-14H,2-4,6-7,9-12H2,1H3. The number of carbonyl (C=O) groups is 2. The van der Waals surface area contributed by atoms with Crippen LogP contribution in [0.25, 0.3) is 0 Å². The van der Waals surface area contributed by atoms with Gasteiger partial charge in [0.15, 0.2) is 5.76 Å². The van der Waals surface area contributed by atoms with E-state index in [1.807, 2.05) is 16.8 Å². The molecule has 1 aliphatic carbocycles. The van der Waals surface area contributed by atoms with Crippen molar-refractivity contribution in [3.05, 3.63) is 24.2 Å². The second kappa shape index (κ2) is 7.06. The molecule has 0 radical (unpaired) electrons. The van der Waals surface area contributed by atoms with E-state index in [4.69, 9.17) is 4.42 Å². The van der Waals surface area contributed by atoms with Crippen LogP contribution in [-0.2, 0) is 0 Å². The van der Waals surface area contributed by atoms with Crippen LogP contribution in [0.4, 0.5) is 4.79 Å². The molecule has 6 nitrogen and oxygen atoms in total. The van der Waals surface area contributed by atoms with E-state index in [1.165, 1.54) is 25.5 Å². The molecule has 0 unspecified atom stereocenters. The monoisotopic (exact) mass is 319 g/mol. The van der Waals surface area contributed by atoms with Gasteiger partial charge in [-0.3, -0.25) is 4.79 Å². The Morgan fingerprint density at radius 3 is 2.35 bits per heavy atom. The van der Waals surface area contributed by atoms with Gasteiger partial charge < -0.3 is 19.1 Å². The fourth-order valence-electron chi connectivity index (χ4n) is 3.50. The van der Waals surface area contributed by atoms with Crippen molar-refractivity contribution in [1.82, 2.24) is 14.7 Å². The van der Waals surface area contributed by atoms with Crippen LogP contribution in [0.15, 0.2) is 22.8 Å². The van der Waals surface area contributed by atoms with E-state index in [0.717, 1.165) is 12.8 Å². The van der Waals surface area contributed by atoms with E-state index in [0.29, 0.717) is 38.0 Å². The van der Waals surface area contributed by atoms with E-state index in [1.54, 1.807) is 17.0 Å². The van der Waals surface area contributed by atoms with Crippen molar-refractivity contribution < 1.29 is 14.0 Å². The highest BCUT2D eigenvalue weighted by molar-refractivity contribution is 5.91. The van der Waals surface area contributed by atoms with Crippen LogP contribution in [0.3, 0.4) is 0 Å². The number of amides is 3. The summed E-state index contributed by atoms with van der Waals surface area (Å²) in [6.45, 7) is 2.29. The predicted octanol–water partition coefficient (Wildman–Crippen LogP) is 2.42. The van der Waals surface area contributed by atoms with Gasteiger partial charge in [0.05, 0.1) is 6.26 Å². The van der Waals surface area contributed by atoms with Crippen molar-refractivity contribution in [2.75, 3.05) is 33.2 Å². The number of hydrogen-bond donors (Lipinski definition) is 0. The summed E-state index contributed by atoms with van der Waals surface area (Å²) in [5.74, 6) is 0.270. The SMILES string of the molecule is CN(C(=O)N1CCN(C(=O)c2ccco2)CC1)C1CCCCC1. The molecule has 2 aliphatic rings.